The summed E-state index contributed by atoms with van der Waals surface area (Å²) in [6.07, 6.45) is 2.51. The van der Waals surface area contributed by atoms with Gasteiger partial charge in [-0.05, 0) is 37.5 Å². The molecule has 0 aromatic heterocycles. The molecular formula is C17H27N3O. The standard InChI is InChI=1S/C17H27N3O/c1-5-18-16(20-14-9-10-14)19-12-17(2,3)13-7-6-8-15(11-13)21-4/h6-8,11,14H,5,9-10,12H2,1-4H3,(H2,18,19,20). The zero-order valence-corrected chi connectivity index (χ0v) is 13.6. The molecule has 0 unspecified atom stereocenters. The third-order valence-corrected chi connectivity index (χ3v) is 3.75. The second-order valence-electron chi connectivity index (χ2n) is 6.23. The van der Waals surface area contributed by atoms with Gasteiger partial charge in [-0.3, -0.25) is 4.99 Å². The van der Waals surface area contributed by atoms with Gasteiger partial charge in [0.2, 0.25) is 0 Å². The average Bonchev–Trinajstić information content (AvgIpc) is 3.29. The number of hydrogen-bond donors (Lipinski definition) is 2. The van der Waals surface area contributed by atoms with Gasteiger partial charge in [-0.1, -0.05) is 26.0 Å². The first-order valence-corrected chi connectivity index (χ1v) is 7.74. The number of ether oxygens (including phenoxy) is 1. The first kappa shape index (κ1) is 15.7. The van der Waals surface area contributed by atoms with Gasteiger partial charge >= 0.3 is 0 Å². The number of nitrogens with one attached hydrogen (secondary N) is 2. The minimum absolute atomic E-state index is 0.0273. The maximum atomic E-state index is 5.31. The highest BCUT2D eigenvalue weighted by molar-refractivity contribution is 5.80. The topological polar surface area (TPSA) is 45.7 Å². The molecule has 0 amide bonds. The number of benzene rings is 1. The molecule has 1 aliphatic rings. The van der Waals surface area contributed by atoms with E-state index in [4.69, 9.17) is 9.73 Å². The molecule has 1 saturated carbocycles. The van der Waals surface area contributed by atoms with E-state index in [2.05, 4.69) is 43.5 Å². The zero-order valence-electron chi connectivity index (χ0n) is 13.6. The molecule has 0 radical (unpaired) electrons. The van der Waals surface area contributed by atoms with Gasteiger partial charge < -0.3 is 15.4 Å². The lowest BCUT2D eigenvalue weighted by molar-refractivity contribution is 0.412. The second-order valence-corrected chi connectivity index (χ2v) is 6.23. The van der Waals surface area contributed by atoms with Crippen LogP contribution in [0, 0.1) is 0 Å². The van der Waals surface area contributed by atoms with Crippen LogP contribution in [0.15, 0.2) is 29.3 Å². The third kappa shape index (κ3) is 4.66. The van der Waals surface area contributed by atoms with E-state index in [0.29, 0.717) is 6.04 Å². The molecule has 0 saturated heterocycles. The summed E-state index contributed by atoms with van der Waals surface area (Å²) in [5, 5.41) is 6.77. The largest absolute Gasteiger partial charge is 0.497 e. The van der Waals surface area contributed by atoms with Crippen molar-refractivity contribution in [2.24, 2.45) is 4.99 Å². The number of nitrogens with zero attached hydrogens (tertiary/aromatic N) is 1. The van der Waals surface area contributed by atoms with E-state index in [1.165, 1.54) is 18.4 Å². The molecule has 1 aromatic rings. The van der Waals surface area contributed by atoms with Crippen LogP contribution < -0.4 is 15.4 Å². The van der Waals surface area contributed by atoms with Crippen LogP contribution in [0.3, 0.4) is 0 Å². The molecule has 0 aliphatic heterocycles. The van der Waals surface area contributed by atoms with Crippen molar-refractivity contribution in [3.05, 3.63) is 29.8 Å². The minimum atomic E-state index is -0.0273. The molecule has 0 bridgehead atoms. The summed E-state index contributed by atoms with van der Waals surface area (Å²) in [6, 6.07) is 8.85. The predicted octanol–water partition coefficient (Wildman–Crippen LogP) is 2.69. The Morgan fingerprint density at radius 1 is 1.38 bits per heavy atom. The first-order valence-electron chi connectivity index (χ1n) is 7.74. The van der Waals surface area contributed by atoms with Crippen LogP contribution in [0.4, 0.5) is 0 Å². The quantitative estimate of drug-likeness (QED) is 0.625. The highest BCUT2D eigenvalue weighted by Gasteiger charge is 2.24. The fourth-order valence-electron chi connectivity index (χ4n) is 2.15. The lowest BCUT2D eigenvalue weighted by atomic mass is 9.85. The van der Waals surface area contributed by atoms with Crippen molar-refractivity contribution in [2.45, 2.75) is 45.1 Å². The van der Waals surface area contributed by atoms with Crippen LogP contribution in [-0.2, 0) is 5.41 Å². The van der Waals surface area contributed by atoms with Crippen LogP contribution in [0.1, 0.15) is 39.2 Å². The summed E-state index contributed by atoms with van der Waals surface area (Å²) < 4.78 is 5.31. The summed E-state index contributed by atoms with van der Waals surface area (Å²) in [5.41, 5.74) is 1.22. The van der Waals surface area contributed by atoms with Crippen molar-refractivity contribution < 1.29 is 4.74 Å². The minimum Gasteiger partial charge on any atom is -0.497 e. The van der Waals surface area contributed by atoms with Crippen LogP contribution in [0.5, 0.6) is 5.75 Å². The van der Waals surface area contributed by atoms with Gasteiger partial charge in [0.25, 0.3) is 0 Å². The molecule has 0 heterocycles. The fraction of sp³-hybridized carbons (Fsp3) is 0.588. The van der Waals surface area contributed by atoms with Gasteiger partial charge in [-0.15, -0.1) is 0 Å². The number of aliphatic imine (C=N–C) groups is 1. The zero-order chi connectivity index (χ0) is 15.3. The van der Waals surface area contributed by atoms with Gasteiger partial charge in [0.15, 0.2) is 5.96 Å². The lowest BCUT2D eigenvalue weighted by Crippen LogP contribution is -2.39. The normalized spacial score (nSPS) is 15.7. The van der Waals surface area contributed by atoms with Gasteiger partial charge in [-0.2, -0.15) is 0 Å². The Bertz CT molecular complexity index is 493. The Hall–Kier alpha value is -1.71. The summed E-state index contributed by atoms with van der Waals surface area (Å²) in [4.78, 5) is 4.75. The van der Waals surface area contributed by atoms with Crippen LogP contribution in [0.25, 0.3) is 0 Å². The Morgan fingerprint density at radius 2 is 2.14 bits per heavy atom. The Kier molecular flexibility index (Phi) is 5.10. The molecule has 0 spiro atoms. The fourth-order valence-corrected chi connectivity index (χ4v) is 2.15. The average molecular weight is 289 g/mol. The molecule has 21 heavy (non-hydrogen) atoms. The Balaban J connectivity index is 2.06. The van der Waals surface area contributed by atoms with Crippen LogP contribution >= 0.6 is 0 Å². The van der Waals surface area contributed by atoms with Gasteiger partial charge in [0, 0.05) is 18.0 Å². The smallest absolute Gasteiger partial charge is 0.191 e. The number of guanidine groups is 1. The predicted molar refractivity (Wildman–Crippen MR) is 88.2 cm³/mol. The van der Waals surface area contributed by atoms with E-state index < -0.39 is 0 Å². The number of methoxy groups -OCH3 is 1. The monoisotopic (exact) mass is 289 g/mol. The van der Waals surface area contributed by atoms with Gasteiger partial charge in [0.1, 0.15) is 5.75 Å². The second kappa shape index (κ2) is 6.83. The molecule has 0 atom stereocenters. The van der Waals surface area contributed by atoms with E-state index in [1.54, 1.807) is 7.11 Å². The Morgan fingerprint density at radius 3 is 2.76 bits per heavy atom. The van der Waals surface area contributed by atoms with Crippen molar-refractivity contribution in [3.63, 3.8) is 0 Å². The maximum absolute atomic E-state index is 5.31. The van der Waals surface area contributed by atoms with Gasteiger partial charge in [-0.25, -0.2) is 0 Å². The van der Waals surface area contributed by atoms with E-state index in [0.717, 1.165) is 24.8 Å². The number of rotatable bonds is 6. The summed E-state index contributed by atoms with van der Waals surface area (Å²) in [7, 11) is 1.70. The molecule has 2 N–H and O–H groups in total. The first-order chi connectivity index (χ1) is 10.0. The van der Waals surface area contributed by atoms with E-state index in [1.807, 2.05) is 12.1 Å². The Labute approximate surface area is 128 Å². The maximum Gasteiger partial charge on any atom is 0.191 e. The van der Waals surface area contributed by atoms with Crippen LogP contribution in [0.2, 0.25) is 0 Å². The molecule has 1 aliphatic carbocycles. The van der Waals surface area contributed by atoms with Crippen LogP contribution in [-0.4, -0.2) is 32.2 Å². The lowest BCUT2D eigenvalue weighted by Gasteiger charge is -2.24. The molecule has 4 nitrogen and oxygen atoms in total. The summed E-state index contributed by atoms with van der Waals surface area (Å²) in [6.45, 7) is 8.15. The van der Waals surface area contributed by atoms with Crippen molar-refractivity contribution in [2.75, 3.05) is 20.2 Å². The summed E-state index contributed by atoms with van der Waals surface area (Å²) >= 11 is 0. The highest BCUT2D eigenvalue weighted by Crippen LogP contribution is 2.26. The highest BCUT2D eigenvalue weighted by atomic mass is 16.5. The molecule has 1 fully saturated rings. The third-order valence-electron chi connectivity index (χ3n) is 3.75. The van der Waals surface area contributed by atoms with E-state index in [9.17, 15) is 0 Å². The molecule has 4 heteroatoms. The molecule has 116 valence electrons. The van der Waals surface area contributed by atoms with Crippen molar-refractivity contribution in [3.8, 4) is 5.75 Å². The van der Waals surface area contributed by atoms with E-state index >= 15 is 0 Å². The molecular weight excluding hydrogens is 262 g/mol. The SMILES string of the molecule is CCNC(=NCC(C)(C)c1cccc(OC)c1)NC1CC1. The molecule has 1 aromatic carbocycles. The van der Waals surface area contributed by atoms with E-state index in [-0.39, 0.29) is 5.41 Å². The van der Waals surface area contributed by atoms with Gasteiger partial charge in [0.05, 0.1) is 13.7 Å². The summed E-state index contributed by atoms with van der Waals surface area (Å²) in [5.74, 6) is 1.82. The van der Waals surface area contributed by atoms with Crippen molar-refractivity contribution in [1.82, 2.24) is 10.6 Å². The number of hydrogen-bond acceptors (Lipinski definition) is 2. The van der Waals surface area contributed by atoms with Crippen molar-refractivity contribution >= 4 is 5.96 Å². The molecule has 2 rings (SSSR count). The van der Waals surface area contributed by atoms with Crippen molar-refractivity contribution in [1.29, 1.82) is 0 Å².